The summed E-state index contributed by atoms with van der Waals surface area (Å²) >= 11 is 7.38. The number of carbonyl (C=O) groups excluding carboxylic acids is 4. The minimum absolute atomic E-state index is 0.0212. The Morgan fingerprint density at radius 3 is 2.26 bits per heavy atom. The number of hydrogen-bond acceptors (Lipinski definition) is 7. The predicted molar refractivity (Wildman–Crippen MR) is 149 cm³/mol. The summed E-state index contributed by atoms with van der Waals surface area (Å²) in [7, 11) is 1.41. The first-order valence-corrected chi connectivity index (χ1v) is 15.8. The van der Waals surface area contributed by atoms with Gasteiger partial charge in [0.25, 0.3) is 0 Å². The van der Waals surface area contributed by atoms with Crippen LogP contribution in [0.15, 0.2) is 0 Å². The van der Waals surface area contributed by atoms with Gasteiger partial charge < -0.3 is 14.2 Å². The summed E-state index contributed by atoms with van der Waals surface area (Å²) in [6, 6.07) is 0. The summed E-state index contributed by atoms with van der Waals surface area (Å²) in [4.78, 5) is 49.1. The van der Waals surface area contributed by atoms with Gasteiger partial charge in [0.2, 0.25) is 0 Å². The third-order valence-electron chi connectivity index (χ3n) is 11.0. The van der Waals surface area contributed by atoms with Crippen LogP contribution in [0.1, 0.15) is 79.6 Å². The molecule has 0 spiro atoms. The Labute approximate surface area is 243 Å². The topological polar surface area (TPSA) is 96.0 Å². The van der Waals surface area contributed by atoms with Gasteiger partial charge in [0, 0.05) is 31.6 Å². The van der Waals surface area contributed by atoms with Crippen LogP contribution in [0, 0.1) is 46.3 Å². The standard InChI is InChI=1S/C29H42Br2O7/c1-14(7-10-24(34)36-6)17-8-9-18-25-19(12-23(29(17,18)5)38-16(3)33)28(4)13-21(30)27(35)26(31)20(28)11-22(25)37-15(2)32/h14,17-23,25-26H,7-13H2,1-6H3/t14-,17-,18+,19+,20-,21+,22-,23+,25+,26-,28-,29-/m1/s1. The molecule has 4 rings (SSSR count). The van der Waals surface area contributed by atoms with Gasteiger partial charge in [-0.15, -0.1) is 0 Å². The van der Waals surface area contributed by atoms with Gasteiger partial charge >= 0.3 is 17.9 Å². The Bertz CT molecular complexity index is 971. The van der Waals surface area contributed by atoms with Gasteiger partial charge in [-0.2, -0.15) is 0 Å². The van der Waals surface area contributed by atoms with E-state index in [0.29, 0.717) is 32.1 Å². The van der Waals surface area contributed by atoms with Crippen molar-refractivity contribution in [2.75, 3.05) is 7.11 Å². The van der Waals surface area contributed by atoms with Crippen LogP contribution in [0.4, 0.5) is 0 Å². The molecule has 0 N–H and O–H groups in total. The summed E-state index contributed by atoms with van der Waals surface area (Å²) in [5.41, 5.74) is -0.498. The molecule has 9 heteroatoms. The monoisotopic (exact) mass is 660 g/mol. The Kier molecular flexibility index (Phi) is 8.79. The highest BCUT2D eigenvalue weighted by molar-refractivity contribution is 9.10. The Balaban J connectivity index is 1.76. The zero-order valence-corrected chi connectivity index (χ0v) is 26.5. The van der Waals surface area contributed by atoms with Gasteiger partial charge in [0.05, 0.1) is 16.8 Å². The van der Waals surface area contributed by atoms with Gasteiger partial charge in [-0.05, 0) is 73.5 Å². The molecule has 12 atom stereocenters. The largest absolute Gasteiger partial charge is 0.469 e. The highest BCUT2D eigenvalue weighted by atomic mass is 79.9. The number of hydrogen-bond donors (Lipinski definition) is 0. The number of methoxy groups -OCH3 is 1. The zero-order valence-electron chi connectivity index (χ0n) is 23.3. The van der Waals surface area contributed by atoms with Gasteiger partial charge in [-0.1, -0.05) is 52.6 Å². The average Bonchev–Trinajstić information content (AvgIpc) is 3.20. The van der Waals surface area contributed by atoms with Gasteiger partial charge in [0.15, 0.2) is 5.78 Å². The van der Waals surface area contributed by atoms with Crippen LogP contribution in [0.5, 0.6) is 0 Å². The summed E-state index contributed by atoms with van der Waals surface area (Å²) in [5, 5.41) is 0. The summed E-state index contributed by atoms with van der Waals surface area (Å²) in [6.45, 7) is 9.68. The van der Waals surface area contributed by atoms with Crippen LogP contribution in [0.2, 0.25) is 0 Å². The van der Waals surface area contributed by atoms with E-state index in [1.54, 1.807) is 0 Å². The Morgan fingerprint density at radius 1 is 1.00 bits per heavy atom. The molecule has 0 aliphatic heterocycles. The van der Waals surface area contributed by atoms with Crippen LogP contribution in [-0.2, 0) is 33.4 Å². The molecule has 4 aliphatic carbocycles. The quantitative estimate of drug-likeness (QED) is 0.207. The van der Waals surface area contributed by atoms with Crippen molar-refractivity contribution in [1.29, 1.82) is 0 Å². The molecule has 38 heavy (non-hydrogen) atoms. The maximum atomic E-state index is 13.0. The molecule has 0 saturated heterocycles. The van der Waals surface area contributed by atoms with E-state index in [0.717, 1.165) is 12.8 Å². The fourth-order valence-corrected chi connectivity index (χ4v) is 11.8. The van der Waals surface area contributed by atoms with Crippen LogP contribution in [0.3, 0.4) is 0 Å². The molecule has 0 amide bonds. The van der Waals surface area contributed by atoms with E-state index in [9.17, 15) is 19.2 Å². The molecule has 0 aromatic rings. The van der Waals surface area contributed by atoms with Crippen molar-refractivity contribution in [3.8, 4) is 0 Å². The van der Waals surface area contributed by atoms with E-state index in [1.807, 2.05) is 0 Å². The van der Waals surface area contributed by atoms with Crippen LogP contribution >= 0.6 is 31.9 Å². The van der Waals surface area contributed by atoms with Crippen molar-refractivity contribution >= 4 is 55.6 Å². The second kappa shape index (κ2) is 11.1. The maximum absolute atomic E-state index is 13.0. The van der Waals surface area contributed by atoms with Crippen LogP contribution < -0.4 is 0 Å². The number of ether oxygens (including phenoxy) is 3. The Hall–Kier alpha value is -0.960. The Morgan fingerprint density at radius 2 is 1.66 bits per heavy atom. The second-order valence-corrected chi connectivity index (χ2v) is 14.8. The average molecular weight is 662 g/mol. The first-order chi connectivity index (χ1) is 17.7. The van der Waals surface area contributed by atoms with Crippen molar-refractivity contribution < 1.29 is 33.4 Å². The highest BCUT2D eigenvalue weighted by Gasteiger charge is 2.69. The minimum atomic E-state index is -0.320. The second-order valence-electron chi connectivity index (χ2n) is 12.7. The van der Waals surface area contributed by atoms with Crippen molar-refractivity contribution in [2.45, 2.75) is 101 Å². The van der Waals surface area contributed by atoms with Crippen molar-refractivity contribution in [2.24, 2.45) is 46.3 Å². The number of halogens is 2. The molecule has 0 heterocycles. The summed E-state index contributed by atoms with van der Waals surface area (Å²) in [6.07, 6.45) is 4.46. The van der Waals surface area contributed by atoms with E-state index in [4.69, 9.17) is 14.2 Å². The normalized spacial score (nSPS) is 44.7. The number of alkyl halides is 2. The lowest BCUT2D eigenvalue weighted by Gasteiger charge is -2.64. The lowest BCUT2D eigenvalue weighted by atomic mass is 9.43. The van der Waals surface area contributed by atoms with E-state index in [-0.39, 0.29) is 91.9 Å². The summed E-state index contributed by atoms with van der Waals surface area (Å²) < 4.78 is 17.1. The molecule has 214 valence electrons. The molecule has 0 bridgehead atoms. The number of carbonyl (C=O) groups is 4. The van der Waals surface area contributed by atoms with Crippen LogP contribution in [0.25, 0.3) is 0 Å². The number of ketones is 1. The summed E-state index contributed by atoms with van der Waals surface area (Å²) in [5.74, 6) is 0.304. The van der Waals surface area contributed by atoms with E-state index in [2.05, 4.69) is 52.6 Å². The molecule has 0 unspecified atom stereocenters. The fraction of sp³-hybridized carbons (Fsp3) is 0.862. The number of esters is 3. The van der Waals surface area contributed by atoms with Gasteiger partial charge in [0.1, 0.15) is 12.2 Å². The fourth-order valence-electron chi connectivity index (χ4n) is 9.32. The first-order valence-electron chi connectivity index (χ1n) is 14.0. The molecule has 4 aliphatic rings. The lowest BCUT2D eigenvalue weighted by Crippen LogP contribution is -2.65. The molecule has 0 aromatic heterocycles. The first kappa shape index (κ1) is 30.0. The van der Waals surface area contributed by atoms with Crippen molar-refractivity contribution in [3.63, 3.8) is 0 Å². The number of Topliss-reactive ketones (excluding diaryl/α,β-unsaturated/α-hetero) is 1. The van der Waals surface area contributed by atoms with Gasteiger partial charge in [-0.3, -0.25) is 19.2 Å². The maximum Gasteiger partial charge on any atom is 0.305 e. The highest BCUT2D eigenvalue weighted by Crippen LogP contribution is 2.69. The molecule has 7 nitrogen and oxygen atoms in total. The molecule has 4 fully saturated rings. The number of rotatable bonds is 6. The van der Waals surface area contributed by atoms with Crippen LogP contribution in [-0.4, -0.2) is 52.7 Å². The molecule has 0 radical (unpaired) electrons. The van der Waals surface area contributed by atoms with Crippen molar-refractivity contribution in [3.05, 3.63) is 0 Å². The van der Waals surface area contributed by atoms with E-state index in [1.165, 1.54) is 21.0 Å². The minimum Gasteiger partial charge on any atom is -0.469 e. The smallest absolute Gasteiger partial charge is 0.305 e. The SMILES string of the molecule is COC(=O)CC[C@@H](C)[C@H]1CC[C@H]2[C@@H]3[C@H](OC(C)=O)C[C@@H]4[C@@H](Br)C(=O)[C@@H](Br)C[C@]4(C)[C@H]3C[C@H](OC(C)=O)[C@]12C. The molecular formula is C29H42Br2O7. The molecule has 4 saturated carbocycles. The predicted octanol–water partition coefficient (Wildman–Crippen LogP) is 5.63. The molecular weight excluding hydrogens is 620 g/mol. The number of fused-ring (bicyclic) bond motifs is 5. The third-order valence-corrected chi connectivity index (χ3v) is 12.8. The van der Waals surface area contributed by atoms with Crippen molar-refractivity contribution in [1.82, 2.24) is 0 Å². The van der Waals surface area contributed by atoms with E-state index < -0.39 is 0 Å². The van der Waals surface area contributed by atoms with E-state index >= 15 is 0 Å². The lowest BCUT2D eigenvalue weighted by molar-refractivity contribution is -0.218. The zero-order chi connectivity index (χ0) is 28.2. The van der Waals surface area contributed by atoms with Gasteiger partial charge in [-0.25, -0.2) is 0 Å². The molecule has 0 aromatic carbocycles. The third kappa shape index (κ3) is 5.01.